The molecule has 0 saturated heterocycles. The summed E-state index contributed by atoms with van der Waals surface area (Å²) >= 11 is 0. The first-order chi connectivity index (χ1) is 12.8. The van der Waals surface area contributed by atoms with E-state index in [1.54, 1.807) is 37.3 Å². The van der Waals surface area contributed by atoms with Crippen molar-refractivity contribution in [2.75, 3.05) is 13.1 Å². The lowest BCUT2D eigenvalue weighted by molar-refractivity contribution is -0.139. The molecular formula is C19H24N2O5S. The summed E-state index contributed by atoms with van der Waals surface area (Å²) in [5, 5.41) is 3.60. The number of furan rings is 1. The van der Waals surface area contributed by atoms with Gasteiger partial charge in [0.25, 0.3) is 0 Å². The Morgan fingerprint density at radius 3 is 2.19 bits per heavy atom. The lowest BCUT2D eigenvalue weighted by Gasteiger charge is -2.17. The number of hydrogen-bond acceptors (Lipinski definition) is 5. The summed E-state index contributed by atoms with van der Waals surface area (Å²) < 4.78 is 31.5. The van der Waals surface area contributed by atoms with Gasteiger partial charge in [-0.1, -0.05) is 26.0 Å². The number of carbonyl (C=O) groups is 2. The number of likely N-dealkylation sites (N-methyl/N-ethyl adjacent to an activating group) is 1. The molecule has 8 heteroatoms. The molecule has 0 bridgehead atoms. The van der Waals surface area contributed by atoms with Crippen LogP contribution < -0.4 is 10.6 Å². The van der Waals surface area contributed by atoms with Gasteiger partial charge in [0, 0.05) is 13.1 Å². The second-order valence-electron chi connectivity index (χ2n) is 6.34. The maximum absolute atomic E-state index is 13.1. The fraction of sp³-hybridized carbons (Fsp3) is 0.368. The van der Waals surface area contributed by atoms with Gasteiger partial charge in [-0.2, -0.15) is 0 Å². The quantitative estimate of drug-likeness (QED) is 0.703. The van der Waals surface area contributed by atoms with Gasteiger partial charge in [-0.15, -0.1) is 0 Å². The van der Waals surface area contributed by atoms with Gasteiger partial charge in [0.2, 0.25) is 0 Å². The van der Waals surface area contributed by atoms with Crippen LogP contribution in [0.5, 0.6) is 0 Å². The van der Waals surface area contributed by atoms with Crippen molar-refractivity contribution < 1.29 is 22.4 Å². The van der Waals surface area contributed by atoms with Crippen LogP contribution in [0.3, 0.4) is 0 Å². The molecule has 0 fully saturated rings. The fourth-order valence-corrected chi connectivity index (χ4v) is 4.14. The minimum Gasteiger partial charge on any atom is -0.468 e. The smallest absolute Gasteiger partial charge is 0.309 e. The Morgan fingerprint density at radius 1 is 1.04 bits per heavy atom. The van der Waals surface area contributed by atoms with Crippen molar-refractivity contribution in [2.45, 2.75) is 36.8 Å². The number of amides is 2. The van der Waals surface area contributed by atoms with Crippen molar-refractivity contribution >= 4 is 21.7 Å². The summed E-state index contributed by atoms with van der Waals surface area (Å²) in [7, 11) is -3.84. The van der Waals surface area contributed by atoms with Crippen LogP contribution in [0.4, 0.5) is 0 Å². The molecule has 0 saturated carbocycles. The molecule has 27 heavy (non-hydrogen) atoms. The molecule has 2 amide bonds. The summed E-state index contributed by atoms with van der Waals surface area (Å²) in [5.74, 6) is -1.23. The highest BCUT2D eigenvalue weighted by atomic mass is 32.2. The van der Waals surface area contributed by atoms with Crippen molar-refractivity contribution in [2.24, 2.45) is 0 Å². The van der Waals surface area contributed by atoms with E-state index in [0.717, 1.165) is 5.56 Å². The third-order valence-corrected chi connectivity index (χ3v) is 6.18. The lowest BCUT2D eigenvalue weighted by atomic mass is 10.0. The Labute approximate surface area is 159 Å². The molecule has 1 atom stereocenters. The zero-order chi connectivity index (χ0) is 20.0. The standard InChI is InChI=1S/C19H24N2O5S/c1-4-20-18(22)19(23)21-12-17(16-6-5-11-26-16)27(24,25)15-9-7-14(8-10-15)13(2)3/h5-11,13,17H,4,12H2,1-3H3,(H,20,22)(H,21,23)/t17-/m1/s1. The number of carbonyl (C=O) groups excluding carboxylic acids is 2. The van der Waals surface area contributed by atoms with Crippen molar-refractivity contribution in [3.63, 3.8) is 0 Å². The van der Waals surface area contributed by atoms with Crippen LogP contribution in [0.1, 0.15) is 43.3 Å². The molecule has 7 nitrogen and oxygen atoms in total. The summed E-state index contributed by atoms with van der Waals surface area (Å²) in [5.41, 5.74) is 1.02. The van der Waals surface area contributed by atoms with Gasteiger partial charge in [-0.25, -0.2) is 8.42 Å². The SMILES string of the molecule is CCNC(=O)C(=O)NC[C@H](c1ccco1)S(=O)(=O)c1ccc(C(C)C)cc1. The van der Waals surface area contributed by atoms with Gasteiger partial charge in [0.1, 0.15) is 11.0 Å². The first kappa shape index (κ1) is 20.7. The van der Waals surface area contributed by atoms with Crippen LogP contribution in [0.2, 0.25) is 0 Å². The second kappa shape index (κ2) is 8.85. The summed E-state index contributed by atoms with van der Waals surface area (Å²) in [6, 6.07) is 9.74. The molecule has 0 unspecified atom stereocenters. The predicted octanol–water partition coefficient (Wildman–Crippen LogP) is 2.17. The van der Waals surface area contributed by atoms with Gasteiger partial charge in [-0.3, -0.25) is 9.59 Å². The van der Waals surface area contributed by atoms with Gasteiger partial charge < -0.3 is 15.1 Å². The first-order valence-corrected chi connectivity index (χ1v) is 10.2. The van der Waals surface area contributed by atoms with E-state index >= 15 is 0 Å². The molecule has 146 valence electrons. The molecule has 1 aromatic heterocycles. The van der Waals surface area contributed by atoms with Crippen LogP contribution in [0, 0.1) is 0 Å². The third-order valence-electron chi connectivity index (χ3n) is 4.10. The molecule has 2 N–H and O–H groups in total. The van der Waals surface area contributed by atoms with Crippen molar-refractivity contribution in [3.05, 3.63) is 54.0 Å². The van der Waals surface area contributed by atoms with Gasteiger partial charge in [0.05, 0.1) is 11.2 Å². The van der Waals surface area contributed by atoms with Gasteiger partial charge in [-0.05, 0) is 42.7 Å². The maximum Gasteiger partial charge on any atom is 0.309 e. The van der Waals surface area contributed by atoms with Crippen LogP contribution in [-0.4, -0.2) is 33.3 Å². The minimum absolute atomic E-state index is 0.126. The fourth-order valence-electron chi connectivity index (χ4n) is 2.55. The molecule has 1 aromatic carbocycles. The predicted molar refractivity (Wildman–Crippen MR) is 101 cm³/mol. The summed E-state index contributed by atoms with van der Waals surface area (Å²) in [6.45, 7) is 5.74. The van der Waals surface area contributed by atoms with Crippen molar-refractivity contribution in [3.8, 4) is 0 Å². The lowest BCUT2D eigenvalue weighted by Crippen LogP contribution is -2.42. The number of rotatable bonds is 7. The number of benzene rings is 1. The van der Waals surface area contributed by atoms with Crippen LogP contribution >= 0.6 is 0 Å². The van der Waals surface area contributed by atoms with Crippen LogP contribution in [-0.2, 0) is 19.4 Å². The van der Waals surface area contributed by atoms with E-state index in [1.807, 2.05) is 13.8 Å². The second-order valence-corrected chi connectivity index (χ2v) is 8.47. The molecule has 0 aliphatic carbocycles. The number of hydrogen-bond donors (Lipinski definition) is 2. The minimum atomic E-state index is -3.84. The van der Waals surface area contributed by atoms with Gasteiger partial charge in [0.15, 0.2) is 9.84 Å². The van der Waals surface area contributed by atoms with Crippen molar-refractivity contribution in [1.29, 1.82) is 0 Å². The highest BCUT2D eigenvalue weighted by Crippen LogP contribution is 2.29. The molecule has 2 aromatic rings. The van der Waals surface area contributed by atoms with Crippen LogP contribution in [0.25, 0.3) is 0 Å². The number of nitrogens with one attached hydrogen (secondary N) is 2. The Balaban J connectivity index is 2.28. The maximum atomic E-state index is 13.1. The highest BCUT2D eigenvalue weighted by molar-refractivity contribution is 7.91. The largest absolute Gasteiger partial charge is 0.468 e. The van der Waals surface area contributed by atoms with Gasteiger partial charge >= 0.3 is 11.8 Å². The Morgan fingerprint density at radius 2 is 1.67 bits per heavy atom. The topological polar surface area (TPSA) is 105 Å². The summed E-state index contributed by atoms with van der Waals surface area (Å²) in [4.78, 5) is 23.5. The average Bonchev–Trinajstić information content (AvgIpc) is 3.16. The van der Waals surface area contributed by atoms with Crippen molar-refractivity contribution in [1.82, 2.24) is 10.6 Å². The Bertz CT molecular complexity index is 871. The molecule has 0 spiro atoms. The highest BCUT2D eigenvalue weighted by Gasteiger charge is 2.32. The molecule has 0 aliphatic rings. The van der Waals surface area contributed by atoms with E-state index in [0.29, 0.717) is 6.54 Å². The normalized spacial score (nSPS) is 12.6. The van der Waals surface area contributed by atoms with E-state index < -0.39 is 26.9 Å². The monoisotopic (exact) mass is 392 g/mol. The van der Waals surface area contributed by atoms with E-state index in [4.69, 9.17) is 4.42 Å². The van der Waals surface area contributed by atoms with Crippen LogP contribution in [0.15, 0.2) is 52.0 Å². The average molecular weight is 392 g/mol. The van der Waals surface area contributed by atoms with E-state index in [9.17, 15) is 18.0 Å². The third kappa shape index (κ3) is 4.97. The Kier molecular flexibility index (Phi) is 6.79. The van der Waals surface area contributed by atoms with E-state index in [-0.39, 0.29) is 23.1 Å². The molecule has 0 aliphatic heterocycles. The zero-order valence-corrected chi connectivity index (χ0v) is 16.4. The first-order valence-electron chi connectivity index (χ1n) is 8.70. The zero-order valence-electron chi connectivity index (χ0n) is 15.6. The molecule has 1 heterocycles. The summed E-state index contributed by atoms with van der Waals surface area (Å²) in [6.07, 6.45) is 1.37. The molecule has 0 radical (unpaired) electrons. The molecular weight excluding hydrogens is 368 g/mol. The van der Waals surface area contributed by atoms with E-state index in [1.165, 1.54) is 12.3 Å². The Hall–Kier alpha value is -2.61. The molecule has 2 rings (SSSR count). The van der Waals surface area contributed by atoms with E-state index in [2.05, 4.69) is 10.6 Å². The number of sulfone groups is 1.